The lowest BCUT2D eigenvalue weighted by molar-refractivity contribution is -0.107. The van der Waals surface area contributed by atoms with Gasteiger partial charge in [-0.2, -0.15) is 0 Å². The van der Waals surface area contributed by atoms with Gasteiger partial charge in [0.25, 0.3) is 0 Å². The number of ether oxygens (including phenoxy) is 1. The van der Waals surface area contributed by atoms with E-state index < -0.39 is 0 Å². The Kier molecular flexibility index (Phi) is 4.48. The van der Waals surface area contributed by atoms with Crippen LogP contribution in [-0.4, -0.2) is 13.4 Å². The zero-order chi connectivity index (χ0) is 10.2. The Labute approximate surface area is 84.2 Å². The van der Waals surface area contributed by atoms with E-state index in [1.807, 2.05) is 36.4 Å². The second-order valence-corrected chi connectivity index (χ2v) is 2.93. The topological polar surface area (TPSA) is 26.3 Å². The van der Waals surface area contributed by atoms with Gasteiger partial charge >= 0.3 is 0 Å². The molecule has 0 bridgehead atoms. The van der Waals surface area contributed by atoms with E-state index in [0.717, 1.165) is 18.5 Å². The summed E-state index contributed by atoms with van der Waals surface area (Å²) in [7, 11) is 1.65. The molecule has 0 unspecified atom stereocenters. The molecule has 0 saturated heterocycles. The first-order chi connectivity index (χ1) is 6.86. The smallest absolute Gasteiger partial charge is 0.123 e. The molecule has 0 amide bonds. The Morgan fingerprint density at radius 1 is 1.21 bits per heavy atom. The predicted octanol–water partition coefficient (Wildman–Crippen LogP) is 2.38. The molecule has 14 heavy (non-hydrogen) atoms. The van der Waals surface area contributed by atoms with Gasteiger partial charge in [-0.25, -0.2) is 0 Å². The number of hydrogen-bond donors (Lipinski definition) is 0. The molecule has 0 atom stereocenters. The maximum absolute atomic E-state index is 10.0. The highest BCUT2D eigenvalue weighted by molar-refractivity contribution is 5.51. The van der Waals surface area contributed by atoms with Crippen molar-refractivity contribution < 1.29 is 9.53 Å². The zero-order valence-corrected chi connectivity index (χ0v) is 8.27. The van der Waals surface area contributed by atoms with Gasteiger partial charge in [0.15, 0.2) is 0 Å². The maximum atomic E-state index is 10.0. The zero-order valence-electron chi connectivity index (χ0n) is 8.27. The molecule has 1 aromatic carbocycles. The summed E-state index contributed by atoms with van der Waals surface area (Å²) in [5, 5.41) is 0. The second kappa shape index (κ2) is 5.97. The summed E-state index contributed by atoms with van der Waals surface area (Å²) < 4.78 is 5.05. The monoisotopic (exact) mass is 190 g/mol. The Bertz CT molecular complexity index is 299. The molecule has 0 N–H and O–H groups in total. The minimum atomic E-state index is 0.496. The van der Waals surface area contributed by atoms with Crippen molar-refractivity contribution in [1.29, 1.82) is 0 Å². The summed E-state index contributed by atoms with van der Waals surface area (Å²) in [6, 6.07) is 7.90. The number of allylic oxidation sites excluding steroid dienone is 2. The van der Waals surface area contributed by atoms with Crippen LogP contribution in [0.1, 0.15) is 12.0 Å². The van der Waals surface area contributed by atoms with E-state index in [1.54, 1.807) is 7.11 Å². The Morgan fingerprint density at radius 2 is 1.93 bits per heavy atom. The molecule has 2 nitrogen and oxygen atoms in total. The van der Waals surface area contributed by atoms with Crippen molar-refractivity contribution in [3.05, 3.63) is 42.0 Å². The van der Waals surface area contributed by atoms with E-state index in [2.05, 4.69) is 0 Å². The van der Waals surface area contributed by atoms with Gasteiger partial charge in [-0.05, 0) is 24.1 Å². The van der Waals surface area contributed by atoms with Crippen LogP contribution in [0.3, 0.4) is 0 Å². The lowest BCUT2D eigenvalue weighted by Crippen LogP contribution is -1.84. The molecule has 0 saturated carbocycles. The lowest BCUT2D eigenvalue weighted by Gasteiger charge is -2.00. The van der Waals surface area contributed by atoms with Gasteiger partial charge in [0.2, 0.25) is 0 Å². The van der Waals surface area contributed by atoms with Crippen LogP contribution in [0.15, 0.2) is 36.4 Å². The normalized spacial score (nSPS) is 10.4. The van der Waals surface area contributed by atoms with E-state index in [9.17, 15) is 4.79 Å². The van der Waals surface area contributed by atoms with Crippen LogP contribution in [0.5, 0.6) is 5.75 Å². The van der Waals surface area contributed by atoms with Crippen molar-refractivity contribution in [2.75, 3.05) is 7.11 Å². The predicted molar refractivity (Wildman–Crippen MR) is 56.5 cm³/mol. The number of aldehydes is 1. The summed E-state index contributed by atoms with van der Waals surface area (Å²) in [5.74, 6) is 0.866. The molecule has 0 heterocycles. The van der Waals surface area contributed by atoms with E-state index in [0.29, 0.717) is 6.42 Å². The summed E-state index contributed by atoms with van der Waals surface area (Å²) in [6.07, 6.45) is 6.12. The third-order valence-corrected chi connectivity index (χ3v) is 1.91. The minimum Gasteiger partial charge on any atom is -0.497 e. The molecular formula is C12H14O2. The van der Waals surface area contributed by atoms with Crippen molar-refractivity contribution in [3.8, 4) is 5.75 Å². The van der Waals surface area contributed by atoms with Gasteiger partial charge in [-0.3, -0.25) is 0 Å². The van der Waals surface area contributed by atoms with Crippen LogP contribution in [0.2, 0.25) is 0 Å². The molecular weight excluding hydrogens is 176 g/mol. The summed E-state index contributed by atoms with van der Waals surface area (Å²) >= 11 is 0. The van der Waals surface area contributed by atoms with Crippen LogP contribution in [0.25, 0.3) is 0 Å². The first-order valence-corrected chi connectivity index (χ1v) is 4.58. The maximum Gasteiger partial charge on any atom is 0.123 e. The van der Waals surface area contributed by atoms with E-state index in [1.165, 1.54) is 5.56 Å². The summed E-state index contributed by atoms with van der Waals surface area (Å²) in [4.78, 5) is 10.0. The van der Waals surface area contributed by atoms with E-state index in [4.69, 9.17) is 4.74 Å². The largest absolute Gasteiger partial charge is 0.497 e. The molecule has 0 spiro atoms. The highest BCUT2D eigenvalue weighted by Crippen LogP contribution is 2.11. The molecule has 74 valence electrons. The highest BCUT2D eigenvalue weighted by Gasteiger charge is 1.91. The molecule has 1 aromatic rings. The molecule has 0 aliphatic heterocycles. The van der Waals surface area contributed by atoms with Crippen LogP contribution >= 0.6 is 0 Å². The number of carbonyl (C=O) groups excluding carboxylic acids is 1. The first-order valence-electron chi connectivity index (χ1n) is 4.58. The van der Waals surface area contributed by atoms with Crippen molar-refractivity contribution in [3.63, 3.8) is 0 Å². The molecule has 0 radical (unpaired) electrons. The second-order valence-electron chi connectivity index (χ2n) is 2.93. The van der Waals surface area contributed by atoms with E-state index in [-0.39, 0.29) is 0 Å². The molecule has 2 heteroatoms. The number of rotatable bonds is 5. The SMILES string of the molecule is COc1ccc(C/C=C\CC=O)cc1. The lowest BCUT2D eigenvalue weighted by atomic mass is 10.1. The van der Waals surface area contributed by atoms with Gasteiger partial charge in [0.05, 0.1) is 7.11 Å². The number of hydrogen-bond acceptors (Lipinski definition) is 2. The average Bonchev–Trinajstić information content (AvgIpc) is 2.25. The van der Waals surface area contributed by atoms with Crippen LogP contribution in [-0.2, 0) is 11.2 Å². The van der Waals surface area contributed by atoms with Crippen molar-refractivity contribution in [1.82, 2.24) is 0 Å². The van der Waals surface area contributed by atoms with Crippen LogP contribution < -0.4 is 4.74 Å². The Balaban J connectivity index is 2.47. The summed E-state index contributed by atoms with van der Waals surface area (Å²) in [6.45, 7) is 0. The fraction of sp³-hybridized carbons (Fsp3) is 0.250. The molecule has 0 aliphatic carbocycles. The Morgan fingerprint density at radius 3 is 2.50 bits per heavy atom. The molecule has 0 aliphatic rings. The highest BCUT2D eigenvalue weighted by atomic mass is 16.5. The quantitative estimate of drug-likeness (QED) is 0.526. The number of benzene rings is 1. The summed E-state index contributed by atoms with van der Waals surface area (Å²) in [5.41, 5.74) is 1.22. The third-order valence-electron chi connectivity index (χ3n) is 1.91. The van der Waals surface area contributed by atoms with Gasteiger partial charge in [-0.15, -0.1) is 0 Å². The third kappa shape index (κ3) is 3.44. The first kappa shape index (κ1) is 10.5. The van der Waals surface area contributed by atoms with Crippen molar-refractivity contribution in [2.24, 2.45) is 0 Å². The molecule has 1 rings (SSSR count). The van der Waals surface area contributed by atoms with E-state index >= 15 is 0 Å². The van der Waals surface area contributed by atoms with Crippen molar-refractivity contribution in [2.45, 2.75) is 12.8 Å². The molecule has 0 fully saturated rings. The standard InChI is InChI=1S/C12H14O2/c1-14-12-8-6-11(7-9-12)5-3-2-4-10-13/h2-3,6-10H,4-5H2,1H3/b3-2-. The van der Waals surface area contributed by atoms with Crippen LogP contribution in [0, 0.1) is 0 Å². The fourth-order valence-electron chi connectivity index (χ4n) is 1.13. The number of methoxy groups -OCH3 is 1. The average molecular weight is 190 g/mol. The van der Waals surface area contributed by atoms with Crippen molar-refractivity contribution >= 4 is 6.29 Å². The van der Waals surface area contributed by atoms with Gasteiger partial charge < -0.3 is 9.53 Å². The van der Waals surface area contributed by atoms with Gasteiger partial charge in [0.1, 0.15) is 12.0 Å². The van der Waals surface area contributed by atoms with Crippen LogP contribution in [0.4, 0.5) is 0 Å². The minimum absolute atomic E-state index is 0.496. The van der Waals surface area contributed by atoms with Gasteiger partial charge in [0, 0.05) is 6.42 Å². The van der Waals surface area contributed by atoms with Gasteiger partial charge in [-0.1, -0.05) is 24.3 Å². The number of carbonyl (C=O) groups is 1. The Hall–Kier alpha value is -1.57. The molecule has 0 aromatic heterocycles. The fourth-order valence-corrected chi connectivity index (χ4v) is 1.13.